The van der Waals surface area contributed by atoms with Crippen molar-refractivity contribution in [3.05, 3.63) is 71.4 Å². The molecule has 1 saturated heterocycles. The van der Waals surface area contributed by atoms with Crippen LogP contribution in [-0.4, -0.2) is 68.7 Å². The molecular weight excluding hydrogens is 477 g/mol. The van der Waals surface area contributed by atoms with Crippen LogP contribution in [0.1, 0.15) is 16.7 Å². The summed E-state index contributed by atoms with van der Waals surface area (Å²) in [7, 11) is 0. The number of aliphatic carboxylic acids is 2. The number of benzene rings is 2. The van der Waals surface area contributed by atoms with Crippen LogP contribution in [0.15, 0.2) is 54.7 Å². The number of aromatic nitrogens is 2. The van der Waals surface area contributed by atoms with Gasteiger partial charge in [-0.05, 0) is 31.5 Å². The molecule has 192 valence electrons. The third kappa shape index (κ3) is 7.15. The van der Waals surface area contributed by atoms with E-state index in [2.05, 4.69) is 43.6 Å². The predicted molar refractivity (Wildman–Crippen MR) is 127 cm³/mol. The van der Waals surface area contributed by atoms with Crippen molar-refractivity contribution in [2.75, 3.05) is 19.6 Å². The lowest BCUT2D eigenvalue weighted by Crippen LogP contribution is -2.58. The van der Waals surface area contributed by atoms with E-state index in [0.29, 0.717) is 12.6 Å². The third-order valence-corrected chi connectivity index (χ3v) is 5.59. The number of nitrogens with zero attached hydrogens (tertiary/aromatic N) is 3. The molecular formula is C25H27F3N4O4. The zero-order chi connectivity index (χ0) is 26.5. The molecule has 11 heteroatoms. The molecule has 0 atom stereocenters. The predicted octanol–water partition coefficient (Wildman–Crippen LogP) is 3.65. The molecule has 0 unspecified atom stereocenters. The number of hydrogen-bond donors (Lipinski definition) is 3. The van der Waals surface area contributed by atoms with Gasteiger partial charge < -0.3 is 15.5 Å². The zero-order valence-electron chi connectivity index (χ0n) is 19.8. The van der Waals surface area contributed by atoms with Crippen molar-refractivity contribution in [3.8, 4) is 16.9 Å². The van der Waals surface area contributed by atoms with Crippen LogP contribution in [0.2, 0.25) is 0 Å². The molecule has 8 nitrogen and oxygen atoms in total. The number of carboxylic acids is 2. The quantitative estimate of drug-likeness (QED) is 0.451. The van der Waals surface area contributed by atoms with Crippen molar-refractivity contribution < 1.29 is 33.0 Å². The lowest BCUT2D eigenvalue weighted by molar-refractivity contribution is -0.192. The Morgan fingerprint density at radius 1 is 1.08 bits per heavy atom. The Bertz CT molecular complexity index is 1210. The summed E-state index contributed by atoms with van der Waals surface area (Å²) in [5.74, 6) is -3.53. The Balaban J connectivity index is 0.000000454. The lowest BCUT2D eigenvalue weighted by Gasteiger charge is -2.38. The van der Waals surface area contributed by atoms with Gasteiger partial charge in [-0.2, -0.15) is 18.3 Å². The minimum absolute atomic E-state index is 0.109. The van der Waals surface area contributed by atoms with E-state index in [-0.39, 0.29) is 6.54 Å². The van der Waals surface area contributed by atoms with Crippen LogP contribution in [0.25, 0.3) is 16.9 Å². The summed E-state index contributed by atoms with van der Waals surface area (Å²) in [4.78, 5) is 21.6. The van der Waals surface area contributed by atoms with Gasteiger partial charge in [0.2, 0.25) is 0 Å². The SMILES string of the molecule is Cc1ccc(-c2nn(-c3ccccc3)cc2CNC2CN(CC(=O)O)C2)c(C)c1.O=C(O)C(F)(F)F. The first kappa shape index (κ1) is 26.9. The maximum Gasteiger partial charge on any atom is 0.490 e. The molecule has 4 rings (SSSR count). The number of rotatable bonds is 7. The van der Waals surface area contributed by atoms with Crippen molar-refractivity contribution in [1.82, 2.24) is 20.0 Å². The molecule has 0 saturated carbocycles. The number of halogens is 3. The smallest absolute Gasteiger partial charge is 0.480 e. The number of hydrogen-bond acceptors (Lipinski definition) is 5. The normalized spacial score (nSPS) is 14.0. The Hall–Kier alpha value is -3.70. The van der Waals surface area contributed by atoms with E-state index in [1.165, 1.54) is 11.1 Å². The van der Waals surface area contributed by atoms with E-state index in [1.54, 1.807) is 0 Å². The van der Waals surface area contributed by atoms with Gasteiger partial charge in [0.15, 0.2) is 0 Å². The van der Waals surface area contributed by atoms with Gasteiger partial charge in [-0.1, -0.05) is 42.0 Å². The topological polar surface area (TPSA) is 108 Å². The fourth-order valence-corrected chi connectivity index (χ4v) is 3.83. The fourth-order valence-electron chi connectivity index (χ4n) is 3.83. The van der Waals surface area contributed by atoms with E-state index < -0.39 is 18.1 Å². The van der Waals surface area contributed by atoms with Crippen molar-refractivity contribution >= 4 is 11.9 Å². The number of carboxylic acid groups (broad SMARTS) is 2. The molecule has 1 fully saturated rings. The lowest BCUT2D eigenvalue weighted by atomic mass is 10.0. The minimum atomic E-state index is -5.08. The van der Waals surface area contributed by atoms with Gasteiger partial charge in [0.25, 0.3) is 0 Å². The number of carbonyl (C=O) groups is 2. The average Bonchev–Trinajstić information content (AvgIpc) is 3.19. The van der Waals surface area contributed by atoms with Gasteiger partial charge in [0.1, 0.15) is 0 Å². The molecule has 1 aliphatic rings. The summed E-state index contributed by atoms with van der Waals surface area (Å²) in [6, 6.07) is 16.9. The van der Waals surface area contributed by atoms with E-state index in [1.807, 2.05) is 39.9 Å². The largest absolute Gasteiger partial charge is 0.490 e. The Morgan fingerprint density at radius 3 is 2.28 bits per heavy atom. The third-order valence-electron chi connectivity index (χ3n) is 5.59. The zero-order valence-corrected chi connectivity index (χ0v) is 19.8. The van der Waals surface area contributed by atoms with Crippen LogP contribution in [-0.2, 0) is 16.1 Å². The summed E-state index contributed by atoms with van der Waals surface area (Å²) in [5, 5.41) is 24.5. The molecule has 0 amide bonds. The Labute approximate surface area is 206 Å². The van der Waals surface area contributed by atoms with E-state index in [4.69, 9.17) is 20.1 Å². The van der Waals surface area contributed by atoms with Crippen LogP contribution in [0.5, 0.6) is 0 Å². The van der Waals surface area contributed by atoms with Gasteiger partial charge in [-0.3, -0.25) is 9.69 Å². The monoisotopic (exact) mass is 504 g/mol. The standard InChI is InChI=1S/C23H26N4O2.C2HF3O2/c1-16-8-9-21(17(2)10-16)23-18(11-24-19-13-26(14-19)15-22(28)29)12-27(25-23)20-6-4-3-5-7-20;3-2(4,5)1(6)7/h3-10,12,19,24H,11,13-15H2,1-2H3,(H,28,29);(H,6,7). The number of likely N-dealkylation sites (tertiary alicyclic amines) is 1. The molecule has 0 radical (unpaired) electrons. The molecule has 2 aromatic carbocycles. The fraction of sp³-hybridized carbons (Fsp3) is 0.320. The molecule has 1 aliphatic heterocycles. The van der Waals surface area contributed by atoms with Gasteiger partial charge in [0, 0.05) is 43.0 Å². The summed E-state index contributed by atoms with van der Waals surface area (Å²) in [6.07, 6.45) is -3.00. The molecule has 0 spiro atoms. The molecule has 2 heterocycles. The van der Waals surface area contributed by atoms with Crippen LogP contribution < -0.4 is 5.32 Å². The highest BCUT2D eigenvalue weighted by Crippen LogP contribution is 2.28. The van der Waals surface area contributed by atoms with Crippen LogP contribution >= 0.6 is 0 Å². The number of alkyl halides is 3. The minimum Gasteiger partial charge on any atom is -0.480 e. The van der Waals surface area contributed by atoms with Crippen molar-refractivity contribution in [2.24, 2.45) is 0 Å². The van der Waals surface area contributed by atoms with Crippen LogP contribution in [0.4, 0.5) is 13.2 Å². The number of nitrogens with one attached hydrogen (secondary N) is 1. The summed E-state index contributed by atoms with van der Waals surface area (Å²) >= 11 is 0. The maximum absolute atomic E-state index is 10.8. The first-order valence-electron chi connectivity index (χ1n) is 11.1. The highest BCUT2D eigenvalue weighted by atomic mass is 19.4. The van der Waals surface area contributed by atoms with Crippen LogP contribution in [0, 0.1) is 13.8 Å². The number of para-hydroxylation sites is 1. The summed E-state index contributed by atoms with van der Waals surface area (Å²) < 4.78 is 33.7. The second-order valence-electron chi connectivity index (χ2n) is 8.57. The van der Waals surface area contributed by atoms with Gasteiger partial charge in [-0.15, -0.1) is 0 Å². The number of aryl methyl sites for hydroxylation is 2. The first-order valence-corrected chi connectivity index (χ1v) is 11.1. The highest BCUT2D eigenvalue weighted by Gasteiger charge is 2.38. The van der Waals surface area contributed by atoms with Crippen molar-refractivity contribution in [1.29, 1.82) is 0 Å². The molecule has 0 bridgehead atoms. The van der Waals surface area contributed by atoms with Gasteiger partial charge >= 0.3 is 18.1 Å². The van der Waals surface area contributed by atoms with Gasteiger partial charge in [-0.25, -0.2) is 9.48 Å². The molecule has 3 aromatic rings. The van der Waals surface area contributed by atoms with E-state index in [9.17, 15) is 18.0 Å². The second-order valence-corrected chi connectivity index (χ2v) is 8.57. The first-order chi connectivity index (χ1) is 16.9. The van der Waals surface area contributed by atoms with Crippen LogP contribution in [0.3, 0.4) is 0 Å². The van der Waals surface area contributed by atoms with Gasteiger partial charge in [0.05, 0.1) is 17.9 Å². The Kier molecular flexibility index (Phi) is 8.49. The molecule has 0 aliphatic carbocycles. The summed E-state index contributed by atoms with van der Waals surface area (Å²) in [6.45, 7) is 6.55. The second kappa shape index (κ2) is 11.4. The molecule has 36 heavy (non-hydrogen) atoms. The molecule has 3 N–H and O–H groups in total. The van der Waals surface area contributed by atoms with E-state index in [0.717, 1.165) is 35.6 Å². The van der Waals surface area contributed by atoms with E-state index >= 15 is 0 Å². The van der Waals surface area contributed by atoms with Crippen molar-refractivity contribution in [3.63, 3.8) is 0 Å². The van der Waals surface area contributed by atoms with Crippen molar-refractivity contribution in [2.45, 2.75) is 32.6 Å². The summed E-state index contributed by atoms with van der Waals surface area (Å²) in [5.41, 5.74) is 6.74. The molecule has 1 aromatic heterocycles. The average molecular weight is 505 g/mol. The Morgan fingerprint density at radius 2 is 1.72 bits per heavy atom. The highest BCUT2D eigenvalue weighted by molar-refractivity contribution is 5.73. The maximum atomic E-state index is 10.8.